The number of benzene rings is 3. The van der Waals surface area contributed by atoms with E-state index in [9.17, 15) is 4.79 Å². The Hall–Kier alpha value is -3.66. The molecule has 0 bridgehead atoms. The van der Waals surface area contributed by atoms with E-state index in [-0.39, 0.29) is 0 Å². The standard InChI is InChI=1S/C23H21N3O3/c1-23(24,15-27)22(28)26-19-9-13-21(14-10-19)29-20-11-5-17(6-12-20)16-3-7-18(25-2)8-4-16/h3-14,27H,15,24H2,1H3,(H,26,28)/t23-/m0/s1. The molecule has 0 fully saturated rings. The average molecular weight is 387 g/mol. The minimum Gasteiger partial charge on any atom is -0.457 e. The van der Waals surface area contributed by atoms with E-state index in [2.05, 4.69) is 10.2 Å². The van der Waals surface area contributed by atoms with Crippen molar-refractivity contribution >= 4 is 17.3 Å². The molecule has 0 saturated heterocycles. The molecule has 0 aliphatic heterocycles. The van der Waals surface area contributed by atoms with Crippen LogP contribution in [0.15, 0.2) is 72.8 Å². The van der Waals surface area contributed by atoms with Gasteiger partial charge in [-0.1, -0.05) is 36.4 Å². The van der Waals surface area contributed by atoms with E-state index >= 15 is 0 Å². The SMILES string of the molecule is [C-]#[N+]c1ccc(-c2ccc(Oc3ccc(NC(=O)[C@@](C)(N)CO)cc3)cc2)cc1. The molecular weight excluding hydrogens is 366 g/mol. The first-order chi connectivity index (χ1) is 13.9. The fourth-order valence-corrected chi connectivity index (χ4v) is 2.53. The third-order valence-corrected chi connectivity index (χ3v) is 4.38. The highest BCUT2D eigenvalue weighted by atomic mass is 16.5. The average Bonchev–Trinajstić information content (AvgIpc) is 2.75. The number of hydrogen-bond donors (Lipinski definition) is 3. The predicted octanol–water partition coefficient (Wildman–Crippen LogP) is 4.34. The van der Waals surface area contributed by atoms with Crippen molar-refractivity contribution in [2.24, 2.45) is 5.73 Å². The molecule has 6 heteroatoms. The lowest BCUT2D eigenvalue weighted by molar-refractivity contribution is -0.121. The monoisotopic (exact) mass is 387 g/mol. The van der Waals surface area contributed by atoms with Crippen molar-refractivity contribution in [2.45, 2.75) is 12.5 Å². The van der Waals surface area contributed by atoms with Crippen LogP contribution in [0.4, 0.5) is 11.4 Å². The Labute approximate surface area is 169 Å². The second-order valence-electron chi connectivity index (χ2n) is 6.84. The van der Waals surface area contributed by atoms with Crippen molar-refractivity contribution < 1.29 is 14.6 Å². The van der Waals surface area contributed by atoms with E-state index in [1.54, 1.807) is 36.4 Å². The molecule has 146 valence electrons. The molecule has 0 spiro atoms. The molecule has 1 atom stereocenters. The zero-order valence-corrected chi connectivity index (χ0v) is 15.9. The van der Waals surface area contributed by atoms with Crippen molar-refractivity contribution in [1.29, 1.82) is 0 Å². The predicted molar refractivity (Wildman–Crippen MR) is 113 cm³/mol. The van der Waals surface area contributed by atoms with E-state index < -0.39 is 18.1 Å². The van der Waals surface area contributed by atoms with Crippen LogP contribution in [0.2, 0.25) is 0 Å². The number of ether oxygens (including phenoxy) is 1. The van der Waals surface area contributed by atoms with Gasteiger partial charge in [-0.05, 0) is 54.4 Å². The highest BCUT2D eigenvalue weighted by Gasteiger charge is 2.27. The molecule has 4 N–H and O–H groups in total. The van der Waals surface area contributed by atoms with Crippen LogP contribution < -0.4 is 15.8 Å². The van der Waals surface area contributed by atoms with E-state index in [4.69, 9.17) is 22.1 Å². The largest absolute Gasteiger partial charge is 0.457 e. The topological polar surface area (TPSA) is 88.9 Å². The van der Waals surface area contributed by atoms with Gasteiger partial charge >= 0.3 is 0 Å². The number of nitrogens with one attached hydrogen (secondary N) is 1. The molecule has 0 heterocycles. The van der Waals surface area contributed by atoms with Crippen molar-refractivity contribution in [3.05, 3.63) is 84.2 Å². The maximum Gasteiger partial charge on any atom is 0.246 e. The van der Waals surface area contributed by atoms with Gasteiger partial charge in [-0.15, -0.1) is 0 Å². The summed E-state index contributed by atoms with van der Waals surface area (Å²) in [4.78, 5) is 15.4. The number of aliphatic hydroxyl groups excluding tert-OH is 1. The molecular formula is C23H21N3O3. The molecule has 1 amide bonds. The number of anilines is 1. The van der Waals surface area contributed by atoms with Crippen LogP contribution in [0.5, 0.6) is 11.5 Å². The first-order valence-corrected chi connectivity index (χ1v) is 8.98. The summed E-state index contributed by atoms with van der Waals surface area (Å²) in [6.45, 7) is 8.02. The van der Waals surface area contributed by atoms with Gasteiger partial charge in [0.05, 0.1) is 13.2 Å². The lowest BCUT2D eigenvalue weighted by atomic mass is 10.0. The molecule has 0 unspecified atom stereocenters. The van der Waals surface area contributed by atoms with Gasteiger partial charge in [-0.3, -0.25) is 4.79 Å². The Kier molecular flexibility index (Phi) is 5.93. The summed E-state index contributed by atoms with van der Waals surface area (Å²) in [5.41, 5.74) is 7.60. The fourth-order valence-electron chi connectivity index (χ4n) is 2.53. The summed E-state index contributed by atoms with van der Waals surface area (Å²) >= 11 is 0. The van der Waals surface area contributed by atoms with Crippen LogP contribution in [0.25, 0.3) is 16.0 Å². The Balaban J connectivity index is 1.64. The van der Waals surface area contributed by atoms with Crippen molar-refractivity contribution in [3.63, 3.8) is 0 Å². The molecule has 3 rings (SSSR count). The molecule has 29 heavy (non-hydrogen) atoms. The number of rotatable bonds is 6. The highest BCUT2D eigenvalue weighted by Crippen LogP contribution is 2.28. The van der Waals surface area contributed by atoms with Gasteiger partial charge in [0.2, 0.25) is 5.91 Å². The number of nitrogens with zero attached hydrogens (tertiary/aromatic N) is 1. The van der Waals surface area contributed by atoms with Crippen LogP contribution >= 0.6 is 0 Å². The van der Waals surface area contributed by atoms with Gasteiger partial charge in [0.1, 0.15) is 17.0 Å². The number of carbonyl (C=O) groups excluding carboxylic acids is 1. The molecule has 0 aromatic heterocycles. The fraction of sp³-hybridized carbons (Fsp3) is 0.130. The van der Waals surface area contributed by atoms with Gasteiger partial charge in [-0.25, -0.2) is 4.85 Å². The van der Waals surface area contributed by atoms with E-state index in [1.807, 2.05) is 36.4 Å². The molecule has 3 aromatic rings. The van der Waals surface area contributed by atoms with E-state index in [1.165, 1.54) is 6.92 Å². The van der Waals surface area contributed by atoms with Crippen LogP contribution in [-0.2, 0) is 4.79 Å². The Morgan fingerprint density at radius 1 is 1.00 bits per heavy atom. The quantitative estimate of drug-likeness (QED) is 0.549. The summed E-state index contributed by atoms with van der Waals surface area (Å²) in [5, 5.41) is 11.8. The molecule has 6 nitrogen and oxygen atoms in total. The van der Waals surface area contributed by atoms with Gasteiger partial charge in [0.25, 0.3) is 0 Å². The molecule has 0 aliphatic rings. The second kappa shape index (κ2) is 8.57. The Morgan fingerprint density at radius 3 is 1.97 bits per heavy atom. The minimum absolute atomic E-state index is 0.445. The zero-order chi connectivity index (χ0) is 20.9. The Morgan fingerprint density at radius 2 is 1.48 bits per heavy atom. The summed E-state index contributed by atoms with van der Waals surface area (Å²) in [6, 6.07) is 21.9. The summed E-state index contributed by atoms with van der Waals surface area (Å²) in [5.74, 6) is 0.835. The van der Waals surface area contributed by atoms with Gasteiger partial charge in [0.15, 0.2) is 5.69 Å². The van der Waals surface area contributed by atoms with Crippen LogP contribution in [0.1, 0.15) is 6.92 Å². The third kappa shape index (κ3) is 4.99. The highest BCUT2D eigenvalue weighted by molar-refractivity contribution is 5.97. The van der Waals surface area contributed by atoms with E-state index in [0.29, 0.717) is 22.9 Å². The third-order valence-electron chi connectivity index (χ3n) is 4.38. The summed E-state index contributed by atoms with van der Waals surface area (Å²) in [6.07, 6.45) is 0. The number of aliphatic hydroxyl groups is 1. The lowest BCUT2D eigenvalue weighted by Gasteiger charge is -2.20. The molecule has 0 radical (unpaired) electrons. The number of hydrogen-bond acceptors (Lipinski definition) is 4. The number of amides is 1. The maximum atomic E-state index is 12.0. The van der Waals surface area contributed by atoms with Crippen molar-refractivity contribution in [3.8, 4) is 22.6 Å². The van der Waals surface area contributed by atoms with Crippen LogP contribution in [-0.4, -0.2) is 23.2 Å². The zero-order valence-electron chi connectivity index (χ0n) is 15.9. The van der Waals surface area contributed by atoms with Gasteiger partial charge < -0.3 is 20.9 Å². The lowest BCUT2D eigenvalue weighted by Crippen LogP contribution is -2.51. The van der Waals surface area contributed by atoms with Crippen molar-refractivity contribution in [2.75, 3.05) is 11.9 Å². The maximum absolute atomic E-state index is 12.0. The smallest absolute Gasteiger partial charge is 0.246 e. The van der Waals surface area contributed by atoms with Gasteiger partial charge in [0, 0.05) is 5.69 Å². The molecule has 0 aliphatic carbocycles. The normalized spacial score (nSPS) is 12.5. The molecule has 0 saturated carbocycles. The minimum atomic E-state index is -1.34. The van der Waals surface area contributed by atoms with Crippen LogP contribution in [0.3, 0.4) is 0 Å². The first kappa shape index (κ1) is 20.1. The first-order valence-electron chi connectivity index (χ1n) is 8.98. The van der Waals surface area contributed by atoms with Crippen molar-refractivity contribution in [1.82, 2.24) is 0 Å². The summed E-state index contributed by atoms with van der Waals surface area (Å²) < 4.78 is 5.84. The number of carbonyl (C=O) groups is 1. The molecule has 3 aromatic carbocycles. The summed E-state index contributed by atoms with van der Waals surface area (Å²) in [7, 11) is 0. The second-order valence-corrected chi connectivity index (χ2v) is 6.84. The number of nitrogens with two attached hydrogens (primary N) is 1. The van der Waals surface area contributed by atoms with Gasteiger partial charge in [-0.2, -0.15) is 0 Å². The Bertz CT molecular complexity index is 1020. The van der Waals surface area contributed by atoms with Crippen LogP contribution in [0, 0.1) is 6.57 Å². The van der Waals surface area contributed by atoms with E-state index in [0.717, 1.165) is 11.1 Å².